The van der Waals surface area contributed by atoms with Gasteiger partial charge in [-0.3, -0.25) is 4.57 Å². The molecule has 0 saturated carbocycles. The van der Waals surface area contributed by atoms with Gasteiger partial charge in [-0.05, 0) is 18.4 Å². The van der Waals surface area contributed by atoms with Gasteiger partial charge in [0.2, 0.25) is 0 Å². The number of halogens is 1. The highest BCUT2D eigenvalue weighted by Crippen LogP contribution is 2.24. The van der Waals surface area contributed by atoms with Crippen LogP contribution >= 0.6 is 11.8 Å². The van der Waals surface area contributed by atoms with Gasteiger partial charge in [-0.2, -0.15) is 0 Å². The molecule has 0 saturated heterocycles. The highest BCUT2D eigenvalue weighted by Gasteiger charge is 2.14. The van der Waals surface area contributed by atoms with Crippen LogP contribution in [0.3, 0.4) is 0 Å². The van der Waals surface area contributed by atoms with Crippen LogP contribution in [-0.2, 0) is 6.54 Å². The van der Waals surface area contributed by atoms with E-state index >= 15 is 0 Å². The summed E-state index contributed by atoms with van der Waals surface area (Å²) < 4.78 is 15.5. The smallest absolute Gasteiger partial charge is 0.191 e. The Balaban J connectivity index is 2.55. The van der Waals surface area contributed by atoms with Crippen molar-refractivity contribution in [1.82, 2.24) is 14.8 Å². The summed E-state index contributed by atoms with van der Waals surface area (Å²) >= 11 is 1.48. The van der Waals surface area contributed by atoms with Gasteiger partial charge in [0.05, 0.1) is 5.56 Å². The van der Waals surface area contributed by atoms with Gasteiger partial charge in [0.25, 0.3) is 0 Å². The maximum atomic E-state index is 13.7. The highest BCUT2D eigenvalue weighted by atomic mass is 32.2. The van der Waals surface area contributed by atoms with E-state index in [0.29, 0.717) is 17.9 Å². The number of hydrogen-bond donors (Lipinski definition) is 0. The summed E-state index contributed by atoms with van der Waals surface area (Å²) in [7, 11) is 0. The second-order valence-electron chi connectivity index (χ2n) is 3.39. The van der Waals surface area contributed by atoms with Crippen LogP contribution in [0.4, 0.5) is 4.39 Å². The molecule has 0 amide bonds. The first-order valence-electron chi connectivity index (χ1n) is 5.11. The van der Waals surface area contributed by atoms with E-state index in [-0.39, 0.29) is 5.82 Å². The van der Waals surface area contributed by atoms with Crippen molar-refractivity contribution in [2.75, 3.05) is 6.26 Å². The first-order valence-corrected chi connectivity index (χ1v) is 6.33. The largest absolute Gasteiger partial charge is 0.298 e. The summed E-state index contributed by atoms with van der Waals surface area (Å²) in [4.78, 5) is 0. The Morgan fingerprint density at radius 3 is 2.82 bits per heavy atom. The number of nitrogens with zero attached hydrogens (tertiary/aromatic N) is 3. The average molecular weight is 249 g/mol. The van der Waals surface area contributed by atoms with Crippen molar-refractivity contribution in [3.8, 4) is 11.4 Å². The van der Waals surface area contributed by atoms with E-state index < -0.39 is 0 Å². The molecule has 0 bridgehead atoms. The number of allylic oxidation sites excluding steroid dienone is 1. The molecule has 0 aliphatic rings. The average Bonchev–Trinajstić information content (AvgIpc) is 2.73. The third-order valence-corrected chi connectivity index (χ3v) is 2.99. The van der Waals surface area contributed by atoms with Crippen molar-refractivity contribution in [3.63, 3.8) is 0 Å². The molecule has 0 aliphatic carbocycles. The Labute approximate surface area is 103 Å². The van der Waals surface area contributed by atoms with Crippen LogP contribution in [0.2, 0.25) is 0 Å². The van der Waals surface area contributed by atoms with Gasteiger partial charge >= 0.3 is 0 Å². The fraction of sp³-hybridized carbons (Fsp3) is 0.167. The topological polar surface area (TPSA) is 30.7 Å². The zero-order valence-electron chi connectivity index (χ0n) is 9.43. The van der Waals surface area contributed by atoms with Gasteiger partial charge in [0.1, 0.15) is 5.82 Å². The normalized spacial score (nSPS) is 10.5. The number of benzene rings is 1. The number of thioether (sulfide) groups is 1. The van der Waals surface area contributed by atoms with Gasteiger partial charge in [0.15, 0.2) is 11.0 Å². The summed E-state index contributed by atoms with van der Waals surface area (Å²) in [6, 6.07) is 6.55. The Bertz CT molecular complexity index is 536. The molecule has 1 aromatic heterocycles. The van der Waals surface area contributed by atoms with Crippen LogP contribution in [0.25, 0.3) is 11.4 Å². The van der Waals surface area contributed by atoms with Crippen molar-refractivity contribution in [2.24, 2.45) is 0 Å². The van der Waals surface area contributed by atoms with E-state index in [4.69, 9.17) is 0 Å². The van der Waals surface area contributed by atoms with E-state index in [9.17, 15) is 4.39 Å². The molecule has 0 aliphatic heterocycles. The van der Waals surface area contributed by atoms with E-state index in [1.165, 1.54) is 17.8 Å². The van der Waals surface area contributed by atoms with Crippen LogP contribution in [0.5, 0.6) is 0 Å². The molecule has 1 heterocycles. The van der Waals surface area contributed by atoms with Gasteiger partial charge < -0.3 is 0 Å². The number of rotatable bonds is 4. The minimum absolute atomic E-state index is 0.294. The first-order chi connectivity index (χ1) is 8.27. The second kappa shape index (κ2) is 5.14. The van der Waals surface area contributed by atoms with Gasteiger partial charge in [0, 0.05) is 6.54 Å². The molecule has 0 unspecified atom stereocenters. The lowest BCUT2D eigenvalue weighted by molar-refractivity contribution is 0.626. The molecule has 0 N–H and O–H groups in total. The van der Waals surface area contributed by atoms with Crippen molar-refractivity contribution >= 4 is 11.8 Å². The van der Waals surface area contributed by atoms with Crippen molar-refractivity contribution in [3.05, 3.63) is 42.7 Å². The quantitative estimate of drug-likeness (QED) is 0.616. The van der Waals surface area contributed by atoms with Crippen LogP contribution < -0.4 is 0 Å². The number of aromatic nitrogens is 3. The fourth-order valence-electron chi connectivity index (χ4n) is 1.58. The molecule has 0 spiro atoms. The second-order valence-corrected chi connectivity index (χ2v) is 4.16. The van der Waals surface area contributed by atoms with E-state index in [2.05, 4.69) is 16.8 Å². The minimum atomic E-state index is -0.294. The zero-order valence-corrected chi connectivity index (χ0v) is 10.2. The van der Waals surface area contributed by atoms with Crippen molar-refractivity contribution in [2.45, 2.75) is 11.7 Å². The summed E-state index contributed by atoms with van der Waals surface area (Å²) in [6.45, 7) is 4.25. The molecule has 0 atom stereocenters. The SMILES string of the molecule is C=CCn1c(SC)nnc1-c1ccccc1F. The molecule has 2 rings (SSSR count). The van der Waals surface area contributed by atoms with Gasteiger partial charge in [-0.15, -0.1) is 16.8 Å². The molecular weight excluding hydrogens is 237 g/mol. The Kier molecular flexibility index (Phi) is 3.58. The van der Waals surface area contributed by atoms with E-state index in [0.717, 1.165) is 5.16 Å². The summed E-state index contributed by atoms with van der Waals surface area (Å²) in [5.41, 5.74) is 0.460. The van der Waals surface area contributed by atoms with Crippen LogP contribution in [0, 0.1) is 5.82 Å². The maximum absolute atomic E-state index is 13.7. The Hall–Kier alpha value is -1.62. The third kappa shape index (κ3) is 2.24. The summed E-state index contributed by atoms with van der Waals surface area (Å²) in [5, 5.41) is 8.83. The van der Waals surface area contributed by atoms with Crippen LogP contribution in [-0.4, -0.2) is 21.0 Å². The molecule has 3 nitrogen and oxygen atoms in total. The lowest BCUT2D eigenvalue weighted by Gasteiger charge is -2.06. The predicted octanol–water partition coefficient (Wildman–Crippen LogP) is 2.99. The number of hydrogen-bond acceptors (Lipinski definition) is 3. The van der Waals surface area contributed by atoms with Crippen molar-refractivity contribution in [1.29, 1.82) is 0 Å². The third-order valence-electron chi connectivity index (χ3n) is 2.33. The summed E-state index contributed by atoms with van der Waals surface area (Å²) in [5.74, 6) is 0.241. The minimum Gasteiger partial charge on any atom is -0.298 e. The summed E-state index contributed by atoms with van der Waals surface area (Å²) in [6.07, 6.45) is 3.65. The molecule has 88 valence electrons. The molecule has 1 aromatic carbocycles. The Morgan fingerprint density at radius 2 is 2.18 bits per heavy atom. The lowest BCUT2D eigenvalue weighted by atomic mass is 10.2. The molecular formula is C12H12FN3S. The maximum Gasteiger partial charge on any atom is 0.191 e. The first kappa shape index (κ1) is 11.9. The lowest BCUT2D eigenvalue weighted by Crippen LogP contribution is -2.01. The van der Waals surface area contributed by atoms with Gasteiger partial charge in [-0.1, -0.05) is 30.0 Å². The van der Waals surface area contributed by atoms with Gasteiger partial charge in [-0.25, -0.2) is 4.39 Å². The van der Waals surface area contributed by atoms with E-state index in [1.54, 1.807) is 24.3 Å². The molecule has 5 heteroatoms. The van der Waals surface area contributed by atoms with Crippen molar-refractivity contribution < 1.29 is 4.39 Å². The van der Waals surface area contributed by atoms with Crippen LogP contribution in [0.1, 0.15) is 0 Å². The van der Waals surface area contributed by atoms with E-state index in [1.807, 2.05) is 10.8 Å². The monoisotopic (exact) mass is 249 g/mol. The molecule has 0 fully saturated rings. The molecule has 17 heavy (non-hydrogen) atoms. The molecule has 2 aromatic rings. The van der Waals surface area contributed by atoms with Crippen LogP contribution in [0.15, 0.2) is 42.1 Å². The fourth-order valence-corrected chi connectivity index (χ4v) is 2.08. The molecule has 0 radical (unpaired) electrons. The highest BCUT2D eigenvalue weighted by molar-refractivity contribution is 7.98. The zero-order chi connectivity index (χ0) is 12.3. The Morgan fingerprint density at radius 1 is 1.41 bits per heavy atom. The predicted molar refractivity (Wildman–Crippen MR) is 67.4 cm³/mol. The standard InChI is InChI=1S/C12H12FN3S/c1-3-8-16-11(14-15-12(16)17-2)9-6-4-5-7-10(9)13/h3-7H,1,8H2,2H3.